The van der Waals surface area contributed by atoms with Crippen molar-refractivity contribution in [3.63, 3.8) is 0 Å². The summed E-state index contributed by atoms with van der Waals surface area (Å²) in [5.74, 6) is -0.926. The largest absolute Gasteiger partial charge is 0.478 e. The molecule has 4 heteroatoms. The summed E-state index contributed by atoms with van der Waals surface area (Å²) in [4.78, 5) is 17.0. The van der Waals surface area contributed by atoms with Crippen molar-refractivity contribution in [2.75, 3.05) is 6.61 Å². The quantitative estimate of drug-likeness (QED) is 0.782. The minimum absolute atomic E-state index is 0.298. The van der Waals surface area contributed by atoms with Crippen LogP contribution in [0.1, 0.15) is 17.3 Å². The Bertz CT molecular complexity index is 774. The molecule has 1 aromatic heterocycles. The third-order valence-electron chi connectivity index (χ3n) is 3.14. The average molecular weight is 255 g/mol. The number of carboxylic acids is 1. The molecule has 0 atom stereocenters. The third-order valence-corrected chi connectivity index (χ3v) is 3.14. The zero-order valence-electron chi connectivity index (χ0n) is 10.5. The van der Waals surface area contributed by atoms with E-state index in [1.807, 2.05) is 37.3 Å². The number of hydrogen-bond acceptors (Lipinski definition) is 2. The maximum absolute atomic E-state index is 11.4. The predicted octanol–water partition coefficient (Wildman–Crippen LogP) is 2.94. The predicted molar refractivity (Wildman–Crippen MR) is 73.5 cm³/mol. The maximum atomic E-state index is 11.4. The van der Waals surface area contributed by atoms with Gasteiger partial charge in [-0.25, -0.2) is 4.79 Å². The lowest BCUT2D eigenvalue weighted by Crippen LogP contribution is -2.09. The number of carbonyl (C=O) groups is 1. The molecule has 0 amide bonds. The summed E-state index contributed by atoms with van der Waals surface area (Å²) in [5.41, 5.74) is 1.96. The van der Waals surface area contributed by atoms with Crippen LogP contribution in [0.3, 0.4) is 0 Å². The van der Waals surface area contributed by atoms with Gasteiger partial charge in [0.15, 0.2) is 0 Å². The van der Waals surface area contributed by atoms with Gasteiger partial charge in [-0.2, -0.15) is 4.73 Å². The Morgan fingerprint density at radius 3 is 2.63 bits per heavy atom. The molecule has 3 rings (SSSR count). The molecule has 0 saturated heterocycles. The molecule has 0 spiro atoms. The second kappa shape index (κ2) is 4.31. The van der Waals surface area contributed by atoms with Gasteiger partial charge in [-0.15, -0.1) is 0 Å². The van der Waals surface area contributed by atoms with Crippen LogP contribution in [-0.4, -0.2) is 22.4 Å². The van der Waals surface area contributed by atoms with Crippen LogP contribution in [-0.2, 0) is 0 Å². The summed E-state index contributed by atoms with van der Waals surface area (Å²) >= 11 is 0. The minimum Gasteiger partial charge on any atom is -0.478 e. The first-order valence-electron chi connectivity index (χ1n) is 6.12. The van der Waals surface area contributed by atoms with Crippen molar-refractivity contribution in [2.45, 2.75) is 6.92 Å². The van der Waals surface area contributed by atoms with Crippen molar-refractivity contribution in [2.24, 2.45) is 0 Å². The Morgan fingerprint density at radius 1 is 1.16 bits per heavy atom. The Balaban J connectivity index is 2.52. The SMILES string of the molecule is CCOn1c2ccccc2c2c(C(=O)O)cccc21. The second-order valence-electron chi connectivity index (χ2n) is 4.23. The molecule has 0 aliphatic heterocycles. The van der Waals surface area contributed by atoms with E-state index in [0.29, 0.717) is 12.2 Å². The number of carboxylic acid groups (broad SMARTS) is 1. The van der Waals surface area contributed by atoms with E-state index >= 15 is 0 Å². The molecule has 0 saturated carbocycles. The second-order valence-corrected chi connectivity index (χ2v) is 4.23. The highest BCUT2D eigenvalue weighted by molar-refractivity contribution is 6.16. The van der Waals surface area contributed by atoms with Crippen LogP contribution in [0.15, 0.2) is 42.5 Å². The number of rotatable bonds is 3. The smallest absolute Gasteiger partial charge is 0.336 e. The Hall–Kier alpha value is -2.49. The molecule has 1 N–H and O–H groups in total. The van der Waals surface area contributed by atoms with Crippen LogP contribution in [0.2, 0.25) is 0 Å². The lowest BCUT2D eigenvalue weighted by molar-refractivity contribution is 0.0699. The number of aromatic nitrogens is 1. The van der Waals surface area contributed by atoms with Gasteiger partial charge in [-0.3, -0.25) is 0 Å². The van der Waals surface area contributed by atoms with Gasteiger partial charge in [-0.1, -0.05) is 24.3 Å². The number of benzene rings is 2. The Kier molecular flexibility index (Phi) is 2.63. The molecule has 0 radical (unpaired) electrons. The molecule has 4 nitrogen and oxygen atoms in total. The van der Waals surface area contributed by atoms with Crippen molar-refractivity contribution < 1.29 is 14.7 Å². The van der Waals surface area contributed by atoms with E-state index < -0.39 is 5.97 Å². The molecule has 0 aliphatic rings. The van der Waals surface area contributed by atoms with Gasteiger partial charge in [0.25, 0.3) is 0 Å². The normalized spacial score (nSPS) is 11.0. The number of para-hydroxylation sites is 1. The van der Waals surface area contributed by atoms with Gasteiger partial charge in [0, 0.05) is 10.8 Å². The van der Waals surface area contributed by atoms with Gasteiger partial charge in [-0.05, 0) is 25.1 Å². The van der Waals surface area contributed by atoms with E-state index in [9.17, 15) is 9.90 Å². The third kappa shape index (κ3) is 1.64. The summed E-state index contributed by atoms with van der Waals surface area (Å²) in [5, 5.41) is 10.9. The van der Waals surface area contributed by atoms with Crippen LogP contribution >= 0.6 is 0 Å². The highest BCUT2D eigenvalue weighted by Crippen LogP contribution is 2.30. The van der Waals surface area contributed by atoms with E-state index in [4.69, 9.17) is 4.84 Å². The van der Waals surface area contributed by atoms with E-state index in [1.54, 1.807) is 16.9 Å². The summed E-state index contributed by atoms with van der Waals surface area (Å²) in [6, 6.07) is 12.9. The monoisotopic (exact) mass is 255 g/mol. The summed E-state index contributed by atoms with van der Waals surface area (Å²) in [7, 11) is 0. The molecular formula is C15H13NO3. The molecule has 0 fully saturated rings. The van der Waals surface area contributed by atoms with Gasteiger partial charge in [0.2, 0.25) is 0 Å². The van der Waals surface area contributed by atoms with Crippen LogP contribution < -0.4 is 4.84 Å². The highest BCUT2D eigenvalue weighted by Gasteiger charge is 2.17. The highest BCUT2D eigenvalue weighted by atomic mass is 16.7. The molecule has 1 heterocycles. The van der Waals surface area contributed by atoms with Crippen molar-refractivity contribution in [1.82, 2.24) is 4.73 Å². The van der Waals surface area contributed by atoms with E-state index in [2.05, 4.69) is 0 Å². The van der Waals surface area contributed by atoms with Crippen LogP contribution in [0, 0.1) is 0 Å². The molecule has 0 bridgehead atoms. The van der Waals surface area contributed by atoms with Gasteiger partial charge < -0.3 is 9.94 Å². The lowest BCUT2D eigenvalue weighted by atomic mass is 10.1. The standard InChI is InChI=1S/C15H13NO3/c1-2-19-16-12-8-4-3-6-10(12)14-11(15(17)18)7-5-9-13(14)16/h3-9H,2H2,1H3,(H,17,18). The fourth-order valence-electron chi connectivity index (χ4n) is 2.43. The van der Waals surface area contributed by atoms with Crippen molar-refractivity contribution in [1.29, 1.82) is 0 Å². The van der Waals surface area contributed by atoms with E-state index in [-0.39, 0.29) is 0 Å². The molecule has 0 unspecified atom stereocenters. The molecule has 3 aromatic rings. The Morgan fingerprint density at radius 2 is 1.89 bits per heavy atom. The Labute approximate surface area is 109 Å². The fourth-order valence-corrected chi connectivity index (χ4v) is 2.43. The van der Waals surface area contributed by atoms with E-state index in [1.165, 1.54) is 0 Å². The number of fused-ring (bicyclic) bond motifs is 3. The first-order valence-corrected chi connectivity index (χ1v) is 6.12. The van der Waals surface area contributed by atoms with Gasteiger partial charge >= 0.3 is 5.97 Å². The van der Waals surface area contributed by atoms with Crippen LogP contribution in [0.5, 0.6) is 0 Å². The molecule has 2 aromatic carbocycles. The minimum atomic E-state index is -0.926. The zero-order valence-corrected chi connectivity index (χ0v) is 10.5. The summed E-state index contributed by atoms with van der Waals surface area (Å²) in [6.07, 6.45) is 0. The summed E-state index contributed by atoms with van der Waals surface area (Å²) < 4.78 is 1.71. The van der Waals surface area contributed by atoms with E-state index in [0.717, 1.165) is 21.8 Å². The number of hydrogen-bond donors (Lipinski definition) is 1. The first-order chi connectivity index (χ1) is 9.24. The van der Waals surface area contributed by atoms with Gasteiger partial charge in [0.05, 0.1) is 16.6 Å². The van der Waals surface area contributed by atoms with Crippen molar-refractivity contribution >= 4 is 27.8 Å². The zero-order chi connectivity index (χ0) is 13.4. The number of nitrogens with zero attached hydrogens (tertiary/aromatic N) is 1. The maximum Gasteiger partial charge on any atom is 0.336 e. The van der Waals surface area contributed by atoms with Crippen LogP contribution in [0.4, 0.5) is 0 Å². The molecule has 96 valence electrons. The molecule has 0 aliphatic carbocycles. The topological polar surface area (TPSA) is 51.5 Å². The number of aromatic carboxylic acids is 1. The summed E-state index contributed by atoms with van der Waals surface area (Å²) in [6.45, 7) is 2.42. The van der Waals surface area contributed by atoms with Gasteiger partial charge in [0.1, 0.15) is 6.61 Å². The molecule has 19 heavy (non-hydrogen) atoms. The average Bonchev–Trinajstić information content (AvgIpc) is 2.74. The van der Waals surface area contributed by atoms with Crippen molar-refractivity contribution in [3.8, 4) is 0 Å². The first kappa shape index (κ1) is 11.6. The van der Waals surface area contributed by atoms with Crippen molar-refractivity contribution in [3.05, 3.63) is 48.0 Å². The fraction of sp³-hybridized carbons (Fsp3) is 0.133. The van der Waals surface area contributed by atoms with Crippen LogP contribution in [0.25, 0.3) is 21.8 Å². The molecular weight excluding hydrogens is 242 g/mol. The lowest BCUT2D eigenvalue weighted by Gasteiger charge is -2.07.